The van der Waals surface area contributed by atoms with E-state index >= 15 is 0 Å². The standard InChI is InChI=1S/C13H16F2N2O/c1-18-8-7-17(6-2-5-16)10-11-9-12(14)3-4-13(11)15/h3-4,9H,2,6-8,10H2,1H3. The summed E-state index contributed by atoms with van der Waals surface area (Å²) in [5.41, 5.74) is 0.295. The summed E-state index contributed by atoms with van der Waals surface area (Å²) in [6.45, 7) is 1.85. The van der Waals surface area contributed by atoms with Crippen LogP contribution in [0.4, 0.5) is 8.78 Å². The fourth-order valence-electron chi connectivity index (χ4n) is 1.60. The van der Waals surface area contributed by atoms with E-state index in [0.717, 1.165) is 12.1 Å². The van der Waals surface area contributed by atoms with Crippen molar-refractivity contribution in [3.8, 4) is 6.07 Å². The SMILES string of the molecule is COCCN(CCC#N)Cc1cc(F)ccc1F. The van der Waals surface area contributed by atoms with Crippen molar-refractivity contribution in [2.45, 2.75) is 13.0 Å². The normalized spacial score (nSPS) is 10.6. The molecule has 98 valence electrons. The highest BCUT2D eigenvalue weighted by molar-refractivity contribution is 5.18. The summed E-state index contributed by atoms with van der Waals surface area (Å²) in [6.07, 6.45) is 0.348. The van der Waals surface area contributed by atoms with Gasteiger partial charge >= 0.3 is 0 Å². The van der Waals surface area contributed by atoms with Gasteiger partial charge in [0, 0.05) is 38.7 Å². The zero-order valence-electron chi connectivity index (χ0n) is 10.3. The fourth-order valence-corrected chi connectivity index (χ4v) is 1.60. The molecular weight excluding hydrogens is 238 g/mol. The van der Waals surface area contributed by atoms with E-state index < -0.39 is 11.6 Å². The summed E-state index contributed by atoms with van der Waals surface area (Å²) >= 11 is 0. The predicted molar refractivity (Wildman–Crippen MR) is 63.7 cm³/mol. The van der Waals surface area contributed by atoms with E-state index in [1.54, 1.807) is 7.11 Å². The molecule has 0 aliphatic rings. The first-order chi connectivity index (χ1) is 8.67. The molecule has 0 unspecified atom stereocenters. The quantitative estimate of drug-likeness (QED) is 0.749. The Morgan fingerprint density at radius 2 is 2.11 bits per heavy atom. The molecule has 0 amide bonds. The van der Waals surface area contributed by atoms with Crippen LogP contribution >= 0.6 is 0 Å². The van der Waals surface area contributed by atoms with Crippen LogP contribution in [0.2, 0.25) is 0 Å². The number of nitriles is 1. The third-order valence-corrected chi connectivity index (χ3v) is 2.55. The molecule has 0 aliphatic carbocycles. The Labute approximate surface area is 106 Å². The molecule has 0 saturated heterocycles. The Kier molecular flexibility index (Phi) is 6.26. The smallest absolute Gasteiger partial charge is 0.127 e. The molecule has 0 radical (unpaired) electrons. The molecule has 1 aromatic rings. The van der Waals surface area contributed by atoms with E-state index in [0.29, 0.717) is 31.7 Å². The molecule has 18 heavy (non-hydrogen) atoms. The Balaban J connectivity index is 2.68. The van der Waals surface area contributed by atoms with Crippen molar-refractivity contribution < 1.29 is 13.5 Å². The van der Waals surface area contributed by atoms with Crippen LogP contribution in [0, 0.1) is 23.0 Å². The summed E-state index contributed by atoms with van der Waals surface area (Å²) in [5, 5.41) is 8.56. The molecule has 0 atom stereocenters. The topological polar surface area (TPSA) is 36.3 Å². The zero-order valence-corrected chi connectivity index (χ0v) is 10.3. The number of halogens is 2. The second kappa shape index (κ2) is 7.75. The maximum atomic E-state index is 13.5. The van der Waals surface area contributed by atoms with Gasteiger partial charge in [-0.1, -0.05) is 0 Å². The van der Waals surface area contributed by atoms with Gasteiger partial charge in [-0.3, -0.25) is 4.90 Å². The number of hydrogen-bond acceptors (Lipinski definition) is 3. The van der Waals surface area contributed by atoms with Crippen molar-refractivity contribution in [3.05, 3.63) is 35.4 Å². The van der Waals surface area contributed by atoms with Crippen LogP contribution in [-0.4, -0.2) is 31.7 Å². The minimum absolute atomic E-state index is 0.272. The molecule has 0 fully saturated rings. The number of rotatable bonds is 7. The van der Waals surface area contributed by atoms with Crippen LogP contribution < -0.4 is 0 Å². The zero-order chi connectivity index (χ0) is 13.4. The third kappa shape index (κ3) is 4.78. The molecule has 0 aromatic heterocycles. The van der Waals surface area contributed by atoms with Crippen LogP contribution in [0.25, 0.3) is 0 Å². The average molecular weight is 254 g/mol. The fraction of sp³-hybridized carbons (Fsp3) is 0.462. The lowest BCUT2D eigenvalue weighted by Gasteiger charge is -2.21. The van der Waals surface area contributed by atoms with Gasteiger partial charge in [0.25, 0.3) is 0 Å². The van der Waals surface area contributed by atoms with Crippen molar-refractivity contribution >= 4 is 0 Å². The maximum absolute atomic E-state index is 13.5. The first-order valence-corrected chi connectivity index (χ1v) is 5.69. The lowest BCUT2D eigenvalue weighted by molar-refractivity contribution is 0.144. The van der Waals surface area contributed by atoms with Gasteiger partial charge in [-0.2, -0.15) is 5.26 Å². The predicted octanol–water partition coefficient (Wildman–Crippen LogP) is 2.33. The molecule has 0 heterocycles. The van der Waals surface area contributed by atoms with Gasteiger partial charge in [0.2, 0.25) is 0 Å². The van der Waals surface area contributed by atoms with Gasteiger partial charge in [-0.05, 0) is 18.2 Å². The summed E-state index contributed by atoms with van der Waals surface area (Å²) in [5.74, 6) is -0.894. The van der Waals surface area contributed by atoms with Gasteiger partial charge in [0.1, 0.15) is 11.6 Å². The lowest BCUT2D eigenvalue weighted by atomic mass is 10.2. The summed E-state index contributed by atoms with van der Waals surface area (Å²) in [6, 6.07) is 5.42. The number of nitrogens with zero attached hydrogens (tertiary/aromatic N) is 2. The molecule has 0 N–H and O–H groups in total. The van der Waals surface area contributed by atoms with Crippen molar-refractivity contribution in [3.63, 3.8) is 0 Å². The Bertz CT molecular complexity index is 418. The molecular formula is C13H16F2N2O. The highest BCUT2D eigenvalue weighted by Gasteiger charge is 2.10. The lowest BCUT2D eigenvalue weighted by Crippen LogP contribution is -2.28. The van der Waals surface area contributed by atoms with E-state index in [1.165, 1.54) is 6.07 Å². The van der Waals surface area contributed by atoms with E-state index in [2.05, 4.69) is 0 Å². The van der Waals surface area contributed by atoms with Crippen molar-refractivity contribution in [1.82, 2.24) is 4.90 Å². The molecule has 0 bridgehead atoms. The Morgan fingerprint density at radius 3 is 2.78 bits per heavy atom. The van der Waals surface area contributed by atoms with Crippen LogP contribution in [0.15, 0.2) is 18.2 Å². The second-order valence-corrected chi connectivity index (χ2v) is 3.91. The first kappa shape index (κ1) is 14.6. The Morgan fingerprint density at radius 1 is 1.33 bits per heavy atom. The van der Waals surface area contributed by atoms with Crippen molar-refractivity contribution in [2.24, 2.45) is 0 Å². The second-order valence-electron chi connectivity index (χ2n) is 3.91. The highest BCUT2D eigenvalue weighted by Crippen LogP contribution is 2.12. The molecule has 0 spiro atoms. The molecule has 5 heteroatoms. The minimum Gasteiger partial charge on any atom is -0.383 e. The van der Waals surface area contributed by atoms with E-state index in [9.17, 15) is 8.78 Å². The average Bonchev–Trinajstić information content (AvgIpc) is 2.37. The van der Waals surface area contributed by atoms with Crippen LogP contribution in [0.1, 0.15) is 12.0 Å². The Hall–Kier alpha value is -1.51. The van der Waals surface area contributed by atoms with Gasteiger partial charge in [0.05, 0.1) is 12.7 Å². The molecule has 1 aromatic carbocycles. The van der Waals surface area contributed by atoms with Crippen molar-refractivity contribution in [2.75, 3.05) is 26.8 Å². The van der Waals surface area contributed by atoms with E-state index in [4.69, 9.17) is 10.00 Å². The highest BCUT2D eigenvalue weighted by atomic mass is 19.1. The summed E-state index contributed by atoms with van der Waals surface area (Å²) in [4.78, 5) is 1.87. The van der Waals surface area contributed by atoms with Crippen molar-refractivity contribution in [1.29, 1.82) is 5.26 Å². The van der Waals surface area contributed by atoms with Gasteiger partial charge in [-0.15, -0.1) is 0 Å². The molecule has 0 aliphatic heterocycles. The van der Waals surface area contributed by atoms with E-state index in [-0.39, 0.29) is 6.54 Å². The molecule has 1 rings (SSSR count). The van der Waals surface area contributed by atoms with Crippen LogP contribution in [-0.2, 0) is 11.3 Å². The van der Waals surface area contributed by atoms with Crippen LogP contribution in [0.5, 0.6) is 0 Å². The molecule has 0 saturated carbocycles. The van der Waals surface area contributed by atoms with Gasteiger partial charge < -0.3 is 4.74 Å². The third-order valence-electron chi connectivity index (χ3n) is 2.55. The van der Waals surface area contributed by atoms with Gasteiger partial charge in [0.15, 0.2) is 0 Å². The molecule has 3 nitrogen and oxygen atoms in total. The summed E-state index contributed by atoms with van der Waals surface area (Å²) in [7, 11) is 1.57. The first-order valence-electron chi connectivity index (χ1n) is 5.69. The minimum atomic E-state index is -0.460. The number of benzene rings is 1. The number of ether oxygens (including phenoxy) is 1. The van der Waals surface area contributed by atoms with Gasteiger partial charge in [-0.25, -0.2) is 8.78 Å². The maximum Gasteiger partial charge on any atom is 0.127 e. The number of methoxy groups -OCH3 is 1. The van der Waals surface area contributed by atoms with Crippen LogP contribution in [0.3, 0.4) is 0 Å². The van der Waals surface area contributed by atoms with E-state index in [1.807, 2.05) is 11.0 Å². The monoisotopic (exact) mass is 254 g/mol. The number of hydrogen-bond donors (Lipinski definition) is 0. The largest absolute Gasteiger partial charge is 0.383 e. The summed E-state index contributed by atoms with van der Waals surface area (Å²) < 4.78 is 31.5.